The van der Waals surface area contributed by atoms with Crippen LogP contribution in [0.1, 0.15) is 29.9 Å². The Morgan fingerprint density at radius 2 is 1.85 bits per heavy atom. The van der Waals surface area contributed by atoms with E-state index in [9.17, 15) is 14.7 Å². The van der Waals surface area contributed by atoms with E-state index in [0.29, 0.717) is 0 Å². The largest absolute Gasteiger partial charge is 0.481 e. The molecule has 3 heterocycles. The third-order valence-corrected chi connectivity index (χ3v) is 6.36. The number of anilines is 1. The van der Waals surface area contributed by atoms with E-state index in [1.54, 1.807) is 0 Å². The van der Waals surface area contributed by atoms with E-state index in [1.165, 1.54) is 0 Å². The molecular weight excluding hydrogens is 328 g/mol. The molecule has 26 heavy (non-hydrogen) atoms. The highest BCUT2D eigenvalue weighted by molar-refractivity contribution is 6.09. The fraction of sp³-hybridized carbons (Fsp3) is 0.333. The number of carboxylic acid groups (broad SMARTS) is 1. The summed E-state index contributed by atoms with van der Waals surface area (Å²) in [7, 11) is 0. The fourth-order valence-corrected chi connectivity index (χ4v) is 5.54. The van der Waals surface area contributed by atoms with Crippen LogP contribution in [0.25, 0.3) is 0 Å². The molecule has 2 saturated heterocycles. The van der Waals surface area contributed by atoms with Crippen LogP contribution in [0.3, 0.4) is 0 Å². The zero-order valence-corrected chi connectivity index (χ0v) is 14.3. The molecule has 0 bridgehead atoms. The summed E-state index contributed by atoms with van der Waals surface area (Å²) in [6, 6.07) is 17.4. The molecule has 3 aliphatic rings. The molecule has 5 rings (SSSR count). The van der Waals surface area contributed by atoms with Gasteiger partial charge in [0.2, 0.25) is 0 Å². The molecule has 1 spiro atoms. The number of amides is 1. The second-order valence-corrected chi connectivity index (χ2v) is 7.42. The standard InChI is InChI=1S/C21H20N2O3/c24-19(25)18-17(13-7-2-1-3-8-13)16-11-6-12-23(16)21(18)14-9-4-5-10-15(14)22-20(21)26/h1-5,7-10,16-18H,6,11-12H2,(H,22,26)(H,24,25)/t16-,17+,18-,21-/m0/s1. The number of hydrogen-bond donors (Lipinski definition) is 2. The van der Waals surface area contributed by atoms with Crippen molar-refractivity contribution >= 4 is 17.6 Å². The summed E-state index contributed by atoms with van der Waals surface area (Å²) in [5.74, 6) is -2.11. The van der Waals surface area contributed by atoms with Crippen molar-refractivity contribution in [1.29, 1.82) is 0 Å². The summed E-state index contributed by atoms with van der Waals surface area (Å²) in [5.41, 5.74) is 1.43. The Bertz CT molecular complexity index is 897. The predicted molar refractivity (Wildman–Crippen MR) is 96.8 cm³/mol. The average Bonchev–Trinajstić information content (AvgIpc) is 3.29. The maximum atomic E-state index is 13.3. The summed E-state index contributed by atoms with van der Waals surface area (Å²) in [5, 5.41) is 13.2. The van der Waals surface area contributed by atoms with Crippen molar-refractivity contribution in [3.63, 3.8) is 0 Å². The van der Waals surface area contributed by atoms with Crippen molar-refractivity contribution in [3.8, 4) is 0 Å². The van der Waals surface area contributed by atoms with Crippen LogP contribution in [0.4, 0.5) is 5.69 Å². The smallest absolute Gasteiger partial charge is 0.309 e. The molecule has 5 nitrogen and oxygen atoms in total. The lowest BCUT2D eigenvalue weighted by Crippen LogP contribution is -2.52. The minimum absolute atomic E-state index is 0.0652. The Morgan fingerprint density at radius 1 is 1.12 bits per heavy atom. The molecule has 1 amide bonds. The highest BCUT2D eigenvalue weighted by Gasteiger charge is 2.69. The summed E-state index contributed by atoms with van der Waals surface area (Å²) in [6.45, 7) is 0.750. The highest BCUT2D eigenvalue weighted by Crippen LogP contribution is 2.60. The molecule has 0 radical (unpaired) electrons. The molecule has 2 N–H and O–H groups in total. The number of carboxylic acids is 1. The van der Waals surface area contributed by atoms with Crippen LogP contribution >= 0.6 is 0 Å². The van der Waals surface area contributed by atoms with Crippen LogP contribution in [0.5, 0.6) is 0 Å². The van der Waals surface area contributed by atoms with E-state index in [1.807, 2.05) is 54.6 Å². The minimum Gasteiger partial charge on any atom is -0.481 e. The lowest BCUT2D eigenvalue weighted by atomic mass is 9.72. The van der Waals surface area contributed by atoms with Crippen molar-refractivity contribution in [2.75, 3.05) is 11.9 Å². The molecule has 0 aliphatic carbocycles. The van der Waals surface area contributed by atoms with Crippen molar-refractivity contribution in [3.05, 3.63) is 65.7 Å². The summed E-state index contributed by atoms with van der Waals surface area (Å²) in [4.78, 5) is 28.0. The Kier molecular flexibility index (Phi) is 3.25. The lowest BCUT2D eigenvalue weighted by molar-refractivity contribution is -0.150. The van der Waals surface area contributed by atoms with Gasteiger partial charge < -0.3 is 10.4 Å². The molecule has 5 heteroatoms. The van der Waals surface area contributed by atoms with Gasteiger partial charge in [0, 0.05) is 23.2 Å². The molecule has 3 aliphatic heterocycles. The second kappa shape index (κ2) is 5.42. The number of para-hydroxylation sites is 1. The first kappa shape index (κ1) is 15.6. The topological polar surface area (TPSA) is 69.6 Å². The first-order valence-corrected chi connectivity index (χ1v) is 9.11. The summed E-state index contributed by atoms with van der Waals surface area (Å²) >= 11 is 0. The fourth-order valence-electron chi connectivity index (χ4n) is 5.54. The molecular formula is C21H20N2O3. The van der Waals surface area contributed by atoms with Gasteiger partial charge in [0.05, 0.1) is 5.92 Å². The number of carbonyl (C=O) groups excluding carboxylic acids is 1. The normalized spacial score (nSPS) is 32.5. The zero-order chi connectivity index (χ0) is 17.9. The van der Waals surface area contributed by atoms with Gasteiger partial charge in [-0.2, -0.15) is 0 Å². The number of aliphatic carboxylic acids is 1. The first-order chi connectivity index (χ1) is 12.7. The van der Waals surface area contributed by atoms with Gasteiger partial charge in [-0.25, -0.2) is 0 Å². The van der Waals surface area contributed by atoms with Crippen LogP contribution in [0.2, 0.25) is 0 Å². The van der Waals surface area contributed by atoms with E-state index in [2.05, 4.69) is 10.2 Å². The van der Waals surface area contributed by atoms with Gasteiger partial charge in [0.25, 0.3) is 5.91 Å². The Balaban J connectivity index is 1.78. The molecule has 2 fully saturated rings. The SMILES string of the molecule is O=C(O)[C@@H]1[C@H](c2ccccc2)[C@@H]2CCCN2[C@]12C(=O)Nc1ccccc12. The molecule has 4 atom stereocenters. The number of nitrogens with one attached hydrogen (secondary N) is 1. The Hall–Kier alpha value is -2.66. The van der Waals surface area contributed by atoms with Gasteiger partial charge in [-0.3, -0.25) is 14.5 Å². The molecule has 2 aromatic carbocycles. The minimum atomic E-state index is -1.12. The van der Waals surface area contributed by atoms with Crippen LogP contribution in [0, 0.1) is 5.92 Å². The molecule has 0 unspecified atom stereocenters. The van der Waals surface area contributed by atoms with Crippen molar-refractivity contribution in [2.24, 2.45) is 5.92 Å². The Morgan fingerprint density at radius 3 is 2.62 bits per heavy atom. The second-order valence-electron chi connectivity index (χ2n) is 7.42. The first-order valence-electron chi connectivity index (χ1n) is 9.11. The van der Waals surface area contributed by atoms with Gasteiger partial charge in [-0.05, 0) is 31.0 Å². The van der Waals surface area contributed by atoms with Crippen molar-refractivity contribution in [1.82, 2.24) is 4.90 Å². The van der Waals surface area contributed by atoms with Crippen LogP contribution in [-0.4, -0.2) is 34.5 Å². The molecule has 0 saturated carbocycles. The molecule has 2 aromatic rings. The third kappa shape index (κ3) is 1.78. The van der Waals surface area contributed by atoms with E-state index >= 15 is 0 Å². The maximum Gasteiger partial charge on any atom is 0.309 e. The number of rotatable bonds is 2. The van der Waals surface area contributed by atoms with Crippen molar-refractivity contribution in [2.45, 2.75) is 30.3 Å². The van der Waals surface area contributed by atoms with Gasteiger partial charge in [0.1, 0.15) is 5.54 Å². The summed E-state index contributed by atoms with van der Waals surface area (Å²) < 4.78 is 0. The molecule has 132 valence electrons. The maximum absolute atomic E-state index is 13.3. The summed E-state index contributed by atoms with van der Waals surface area (Å²) in [6.07, 6.45) is 1.90. The number of carbonyl (C=O) groups is 2. The monoisotopic (exact) mass is 348 g/mol. The van der Waals surface area contributed by atoms with Gasteiger partial charge >= 0.3 is 5.97 Å². The molecule has 0 aromatic heterocycles. The number of hydrogen-bond acceptors (Lipinski definition) is 3. The van der Waals surface area contributed by atoms with Crippen LogP contribution in [-0.2, 0) is 15.1 Å². The predicted octanol–water partition coefficient (Wildman–Crippen LogP) is 2.80. The van der Waals surface area contributed by atoms with Gasteiger partial charge in [0.15, 0.2) is 0 Å². The average molecular weight is 348 g/mol. The quantitative estimate of drug-likeness (QED) is 0.876. The number of nitrogens with zero attached hydrogens (tertiary/aromatic N) is 1. The third-order valence-electron chi connectivity index (χ3n) is 6.36. The van der Waals surface area contributed by atoms with E-state index in [0.717, 1.165) is 36.2 Å². The Labute approximate surface area is 151 Å². The van der Waals surface area contributed by atoms with Gasteiger partial charge in [-0.15, -0.1) is 0 Å². The van der Waals surface area contributed by atoms with Crippen molar-refractivity contribution < 1.29 is 14.7 Å². The number of benzene rings is 2. The zero-order valence-electron chi connectivity index (χ0n) is 14.3. The lowest BCUT2D eigenvalue weighted by Gasteiger charge is -2.35. The number of fused-ring (bicyclic) bond motifs is 4. The van der Waals surface area contributed by atoms with E-state index in [4.69, 9.17) is 0 Å². The van der Waals surface area contributed by atoms with Crippen LogP contribution < -0.4 is 5.32 Å². The van der Waals surface area contributed by atoms with E-state index < -0.39 is 17.4 Å². The van der Waals surface area contributed by atoms with Gasteiger partial charge in [-0.1, -0.05) is 48.5 Å². The van der Waals surface area contributed by atoms with E-state index in [-0.39, 0.29) is 17.9 Å². The van der Waals surface area contributed by atoms with Crippen LogP contribution in [0.15, 0.2) is 54.6 Å². The highest BCUT2D eigenvalue weighted by atomic mass is 16.4.